The summed E-state index contributed by atoms with van der Waals surface area (Å²) in [5.41, 5.74) is 2.01. The first-order valence-corrected chi connectivity index (χ1v) is 7.40. The number of benzene rings is 1. The number of aromatic carboxylic acids is 1. The molecule has 0 unspecified atom stereocenters. The first kappa shape index (κ1) is 15.0. The number of nitrogens with zero attached hydrogens (tertiary/aromatic N) is 3. The molecule has 0 aliphatic rings. The number of hydrogen-bond donors (Lipinski definition) is 1. The Balaban J connectivity index is 1.92. The normalized spacial score (nSPS) is 10.9. The summed E-state index contributed by atoms with van der Waals surface area (Å²) < 4.78 is 5.66. The molecule has 0 spiro atoms. The van der Waals surface area contributed by atoms with Crippen LogP contribution < -0.4 is 4.90 Å². The zero-order valence-electron chi connectivity index (χ0n) is 13.0. The third-order valence-electron chi connectivity index (χ3n) is 3.58. The molecule has 0 atom stereocenters. The van der Waals surface area contributed by atoms with E-state index in [2.05, 4.69) is 21.8 Å². The van der Waals surface area contributed by atoms with Gasteiger partial charge in [-0.3, -0.25) is 0 Å². The second-order valence-electron chi connectivity index (χ2n) is 5.33. The fourth-order valence-electron chi connectivity index (χ4n) is 2.37. The second kappa shape index (κ2) is 6.08. The lowest BCUT2D eigenvalue weighted by molar-refractivity contribution is 0.0697. The average Bonchev–Trinajstić information content (AvgIpc) is 2.98. The number of carboxylic acid groups (broad SMARTS) is 1. The molecule has 6 heteroatoms. The molecule has 0 radical (unpaired) electrons. The van der Waals surface area contributed by atoms with Gasteiger partial charge in [-0.05, 0) is 36.8 Å². The molecular weight excluding hydrogens is 294 g/mol. The Bertz CT molecular complexity index is 840. The van der Waals surface area contributed by atoms with Gasteiger partial charge in [0.15, 0.2) is 5.58 Å². The highest BCUT2D eigenvalue weighted by Gasteiger charge is 2.12. The number of pyridine rings is 1. The average molecular weight is 311 g/mol. The van der Waals surface area contributed by atoms with Gasteiger partial charge < -0.3 is 14.4 Å². The second-order valence-corrected chi connectivity index (χ2v) is 5.33. The van der Waals surface area contributed by atoms with Gasteiger partial charge in [0, 0.05) is 19.8 Å². The van der Waals surface area contributed by atoms with Crippen molar-refractivity contribution in [3.8, 4) is 11.5 Å². The van der Waals surface area contributed by atoms with Crippen LogP contribution in [0, 0.1) is 0 Å². The van der Waals surface area contributed by atoms with Crippen molar-refractivity contribution in [1.82, 2.24) is 9.97 Å². The highest BCUT2D eigenvalue weighted by atomic mass is 16.4. The van der Waals surface area contributed by atoms with Crippen molar-refractivity contribution in [2.45, 2.75) is 13.3 Å². The van der Waals surface area contributed by atoms with Gasteiger partial charge >= 0.3 is 5.97 Å². The third kappa shape index (κ3) is 3.01. The van der Waals surface area contributed by atoms with E-state index in [1.165, 1.54) is 12.1 Å². The highest BCUT2D eigenvalue weighted by molar-refractivity contribution is 5.92. The fraction of sp³-hybridized carbons (Fsp3) is 0.235. The summed E-state index contributed by atoms with van der Waals surface area (Å²) in [6.07, 6.45) is 2.77. The summed E-state index contributed by atoms with van der Waals surface area (Å²) in [6.45, 7) is 3.06. The molecule has 118 valence electrons. The van der Waals surface area contributed by atoms with E-state index in [1.54, 1.807) is 12.3 Å². The van der Waals surface area contributed by atoms with Gasteiger partial charge in [-0.2, -0.15) is 0 Å². The molecule has 1 aromatic carbocycles. The summed E-state index contributed by atoms with van der Waals surface area (Å²) in [7, 11) is 2.00. The van der Waals surface area contributed by atoms with Crippen LogP contribution in [-0.2, 0) is 0 Å². The molecule has 0 aliphatic heterocycles. The molecule has 2 heterocycles. The quantitative estimate of drug-likeness (QED) is 0.777. The van der Waals surface area contributed by atoms with E-state index in [0.29, 0.717) is 17.0 Å². The zero-order chi connectivity index (χ0) is 16.4. The summed E-state index contributed by atoms with van der Waals surface area (Å²) >= 11 is 0. The van der Waals surface area contributed by atoms with Crippen molar-refractivity contribution < 1.29 is 14.3 Å². The van der Waals surface area contributed by atoms with Crippen LogP contribution in [0.25, 0.3) is 22.6 Å². The number of carboxylic acids is 1. The molecule has 0 saturated heterocycles. The van der Waals surface area contributed by atoms with Crippen molar-refractivity contribution in [3.05, 3.63) is 42.1 Å². The van der Waals surface area contributed by atoms with E-state index >= 15 is 0 Å². The van der Waals surface area contributed by atoms with Gasteiger partial charge in [-0.25, -0.2) is 14.8 Å². The number of hydrogen-bond acceptors (Lipinski definition) is 5. The van der Waals surface area contributed by atoms with E-state index in [9.17, 15) is 4.79 Å². The minimum absolute atomic E-state index is 0.176. The van der Waals surface area contributed by atoms with Crippen LogP contribution in [0.2, 0.25) is 0 Å². The van der Waals surface area contributed by atoms with E-state index < -0.39 is 5.97 Å². The summed E-state index contributed by atoms with van der Waals surface area (Å²) in [5, 5.41) is 9.02. The lowest BCUT2D eigenvalue weighted by Gasteiger charge is -2.16. The van der Waals surface area contributed by atoms with E-state index in [1.807, 2.05) is 19.2 Å². The van der Waals surface area contributed by atoms with Gasteiger partial charge in [0.25, 0.3) is 0 Å². The lowest BCUT2D eigenvalue weighted by atomic mass is 10.2. The highest BCUT2D eigenvalue weighted by Crippen LogP contribution is 2.25. The Morgan fingerprint density at radius 1 is 1.30 bits per heavy atom. The molecule has 0 bridgehead atoms. The first-order chi connectivity index (χ1) is 11.1. The molecular formula is C17H17N3O3. The van der Waals surface area contributed by atoms with Gasteiger partial charge in [0.05, 0.1) is 11.1 Å². The Kier molecular flexibility index (Phi) is 3.97. The summed E-state index contributed by atoms with van der Waals surface area (Å²) in [6, 6.07) is 8.45. The predicted octanol–water partition coefficient (Wildman–Crippen LogP) is 3.43. The Morgan fingerprint density at radius 3 is 2.78 bits per heavy atom. The number of carbonyl (C=O) groups is 1. The standard InChI is InChI=1S/C17H17N3O3/c1-3-8-20(2)15-7-5-12(10-18-15)16-19-13-6-4-11(17(21)22)9-14(13)23-16/h4-7,9-10H,3,8H2,1-2H3,(H,21,22). The summed E-state index contributed by atoms with van der Waals surface area (Å²) in [5.74, 6) is 0.328. The smallest absolute Gasteiger partial charge is 0.335 e. The number of oxazole rings is 1. The van der Waals surface area contributed by atoms with Crippen LogP contribution in [0.4, 0.5) is 5.82 Å². The number of rotatable bonds is 5. The zero-order valence-corrected chi connectivity index (χ0v) is 13.0. The molecule has 23 heavy (non-hydrogen) atoms. The maximum atomic E-state index is 11.0. The molecule has 0 aliphatic carbocycles. The first-order valence-electron chi connectivity index (χ1n) is 7.40. The Hall–Kier alpha value is -2.89. The van der Waals surface area contributed by atoms with Crippen LogP contribution in [-0.4, -0.2) is 34.6 Å². The molecule has 3 rings (SSSR count). The Morgan fingerprint density at radius 2 is 2.13 bits per heavy atom. The van der Waals surface area contributed by atoms with Crippen molar-refractivity contribution in [2.24, 2.45) is 0 Å². The topological polar surface area (TPSA) is 79.5 Å². The number of anilines is 1. The van der Waals surface area contributed by atoms with Crippen LogP contribution in [0.15, 0.2) is 40.9 Å². The molecule has 6 nitrogen and oxygen atoms in total. The van der Waals surface area contributed by atoms with E-state index in [4.69, 9.17) is 9.52 Å². The van der Waals surface area contributed by atoms with Crippen LogP contribution in [0.3, 0.4) is 0 Å². The summed E-state index contributed by atoms with van der Waals surface area (Å²) in [4.78, 5) is 21.9. The van der Waals surface area contributed by atoms with E-state index in [0.717, 1.165) is 24.3 Å². The molecule has 1 N–H and O–H groups in total. The largest absolute Gasteiger partial charge is 0.478 e. The minimum Gasteiger partial charge on any atom is -0.478 e. The van der Waals surface area contributed by atoms with Crippen molar-refractivity contribution in [2.75, 3.05) is 18.5 Å². The maximum Gasteiger partial charge on any atom is 0.335 e. The van der Waals surface area contributed by atoms with Crippen molar-refractivity contribution >= 4 is 22.9 Å². The van der Waals surface area contributed by atoms with Gasteiger partial charge in [-0.15, -0.1) is 0 Å². The van der Waals surface area contributed by atoms with E-state index in [-0.39, 0.29) is 5.56 Å². The van der Waals surface area contributed by atoms with Crippen LogP contribution in [0.1, 0.15) is 23.7 Å². The number of aromatic nitrogens is 2. The predicted molar refractivity (Wildman–Crippen MR) is 87.8 cm³/mol. The van der Waals surface area contributed by atoms with Crippen LogP contribution in [0.5, 0.6) is 0 Å². The van der Waals surface area contributed by atoms with Crippen molar-refractivity contribution in [1.29, 1.82) is 0 Å². The number of fused-ring (bicyclic) bond motifs is 1. The molecule has 0 saturated carbocycles. The van der Waals surface area contributed by atoms with Gasteiger partial charge in [0.1, 0.15) is 11.3 Å². The monoisotopic (exact) mass is 311 g/mol. The third-order valence-corrected chi connectivity index (χ3v) is 3.58. The Labute approximate surface area is 133 Å². The maximum absolute atomic E-state index is 11.0. The SMILES string of the molecule is CCCN(C)c1ccc(-c2nc3ccc(C(=O)O)cc3o2)cn1. The fourth-order valence-corrected chi connectivity index (χ4v) is 2.37. The molecule has 0 fully saturated rings. The minimum atomic E-state index is -0.991. The molecule has 2 aromatic heterocycles. The molecule has 3 aromatic rings. The van der Waals surface area contributed by atoms with Crippen molar-refractivity contribution in [3.63, 3.8) is 0 Å². The van der Waals surface area contributed by atoms with Gasteiger partial charge in [0.2, 0.25) is 5.89 Å². The lowest BCUT2D eigenvalue weighted by Crippen LogP contribution is -2.18. The van der Waals surface area contributed by atoms with Crippen LogP contribution >= 0.6 is 0 Å². The van der Waals surface area contributed by atoms with Gasteiger partial charge in [-0.1, -0.05) is 6.92 Å². The molecule has 0 amide bonds.